The number of ether oxygens (including phenoxy) is 2. The largest absolute Gasteiger partial charge is 0.496 e. The van der Waals surface area contributed by atoms with Crippen LogP contribution < -0.4 is 19.9 Å². The average molecular weight is 458 g/mol. The van der Waals surface area contributed by atoms with Crippen LogP contribution in [-0.2, 0) is 0 Å². The van der Waals surface area contributed by atoms with Gasteiger partial charge < -0.3 is 19.9 Å². The van der Waals surface area contributed by atoms with Crippen LogP contribution in [0.4, 0.5) is 16.0 Å². The Hall–Kier alpha value is -3.30. The van der Waals surface area contributed by atoms with Gasteiger partial charge in [0.05, 0.1) is 35.3 Å². The Balaban J connectivity index is 1.71. The lowest BCUT2D eigenvalue weighted by atomic mass is 10.0. The van der Waals surface area contributed by atoms with Crippen LogP contribution in [0.25, 0.3) is 22.0 Å². The molecule has 2 aromatic heterocycles. The summed E-state index contributed by atoms with van der Waals surface area (Å²) in [6.45, 7) is 0. The van der Waals surface area contributed by atoms with Crippen molar-refractivity contribution in [1.29, 1.82) is 0 Å². The van der Waals surface area contributed by atoms with E-state index in [-0.39, 0.29) is 11.6 Å². The zero-order valence-electron chi connectivity index (χ0n) is 16.5. The highest BCUT2D eigenvalue weighted by Gasteiger charge is 2.16. The predicted molar refractivity (Wildman–Crippen MR) is 121 cm³/mol. The Morgan fingerprint density at radius 2 is 1.90 bits per heavy atom. The number of halogens is 2. The van der Waals surface area contributed by atoms with Gasteiger partial charge in [0.1, 0.15) is 5.75 Å². The molecule has 31 heavy (non-hydrogen) atoms. The fourth-order valence-corrected chi connectivity index (χ4v) is 4.03. The van der Waals surface area contributed by atoms with Crippen molar-refractivity contribution in [1.82, 2.24) is 15.0 Å². The molecule has 0 aliphatic heterocycles. The van der Waals surface area contributed by atoms with Gasteiger partial charge in [-0.3, -0.25) is 0 Å². The van der Waals surface area contributed by atoms with E-state index in [0.717, 1.165) is 11.9 Å². The van der Waals surface area contributed by atoms with Crippen LogP contribution >= 0.6 is 23.5 Å². The van der Waals surface area contributed by atoms with Crippen LogP contribution in [0.1, 0.15) is 0 Å². The van der Waals surface area contributed by atoms with Gasteiger partial charge in [0.15, 0.2) is 5.82 Å². The minimum absolute atomic E-state index is 0.155. The molecule has 2 heterocycles. The highest BCUT2D eigenvalue weighted by atomic mass is 35.5. The highest BCUT2D eigenvalue weighted by Crippen LogP contribution is 2.38. The van der Waals surface area contributed by atoms with E-state index in [1.807, 2.05) is 0 Å². The second-order valence-corrected chi connectivity index (χ2v) is 7.66. The standard InChI is InChI=1S/C21H17ClFN5O2S/c1-29-17-8-16-11(9-26-21(24)27-16)6-14(17)13-4-3-5-15(19(13)23)28-31-18-7-12(22)10-25-20(18)30-2/h3-10,28H,1-2H3,(H2,24,26,27). The fourth-order valence-electron chi connectivity index (χ4n) is 3.02. The molecule has 0 atom stereocenters. The summed E-state index contributed by atoms with van der Waals surface area (Å²) < 4.78 is 29.2. The van der Waals surface area contributed by atoms with Crippen LogP contribution in [-0.4, -0.2) is 29.2 Å². The van der Waals surface area contributed by atoms with E-state index in [9.17, 15) is 0 Å². The Labute approximate surface area is 186 Å². The van der Waals surface area contributed by atoms with Crippen molar-refractivity contribution >= 4 is 46.1 Å². The molecular formula is C21H17ClFN5O2S. The van der Waals surface area contributed by atoms with Gasteiger partial charge in [0, 0.05) is 35.0 Å². The molecule has 0 bridgehead atoms. The molecule has 0 aliphatic rings. The highest BCUT2D eigenvalue weighted by molar-refractivity contribution is 8.00. The molecular weight excluding hydrogens is 441 g/mol. The van der Waals surface area contributed by atoms with Gasteiger partial charge in [-0.25, -0.2) is 19.3 Å². The number of hydrogen-bond donors (Lipinski definition) is 2. The molecule has 0 radical (unpaired) electrons. The molecule has 0 amide bonds. The molecule has 4 aromatic rings. The summed E-state index contributed by atoms with van der Waals surface area (Å²) in [4.78, 5) is 12.9. The third kappa shape index (κ3) is 4.28. The first-order valence-electron chi connectivity index (χ1n) is 9.01. The molecule has 0 aliphatic carbocycles. The summed E-state index contributed by atoms with van der Waals surface area (Å²) >= 11 is 7.16. The van der Waals surface area contributed by atoms with Crippen LogP contribution in [0.3, 0.4) is 0 Å². The summed E-state index contributed by atoms with van der Waals surface area (Å²) in [5, 5.41) is 1.16. The molecule has 0 saturated heterocycles. The Morgan fingerprint density at radius 1 is 1.06 bits per heavy atom. The van der Waals surface area contributed by atoms with Gasteiger partial charge in [0.25, 0.3) is 0 Å². The number of nitrogens with two attached hydrogens (primary N) is 1. The molecule has 0 fully saturated rings. The number of nitrogens with zero attached hydrogens (tertiary/aromatic N) is 3. The molecule has 4 rings (SSSR count). The predicted octanol–water partition coefficient (Wildman–Crippen LogP) is 5.20. The van der Waals surface area contributed by atoms with E-state index in [0.29, 0.717) is 43.6 Å². The van der Waals surface area contributed by atoms with E-state index < -0.39 is 5.82 Å². The van der Waals surface area contributed by atoms with Crippen LogP contribution in [0.5, 0.6) is 11.6 Å². The summed E-state index contributed by atoms with van der Waals surface area (Å²) in [6, 6.07) is 10.2. The zero-order valence-corrected chi connectivity index (χ0v) is 18.1. The fraction of sp³-hybridized carbons (Fsp3) is 0.0952. The van der Waals surface area contributed by atoms with Gasteiger partial charge >= 0.3 is 0 Å². The Bertz CT molecular complexity index is 1270. The maximum absolute atomic E-state index is 15.4. The zero-order chi connectivity index (χ0) is 22.0. The van der Waals surface area contributed by atoms with E-state index in [2.05, 4.69) is 19.7 Å². The first-order valence-corrected chi connectivity index (χ1v) is 10.2. The van der Waals surface area contributed by atoms with Gasteiger partial charge in [-0.05, 0) is 30.1 Å². The van der Waals surface area contributed by atoms with Gasteiger partial charge in [-0.2, -0.15) is 0 Å². The first-order chi connectivity index (χ1) is 15.0. The number of methoxy groups -OCH3 is 2. The lowest BCUT2D eigenvalue weighted by molar-refractivity contribution is 0.387. The molecule has 2 aromatic carbocycles. The summed E-state index contributed by atoms with van der Waals surface area (Å²) in [5.74, 6) is 0.560. The van der Waals surface area contributed by atoms with Gasteiger partial charge in [-0.1, -0.05) is 23.7 Å². The lowest BCUT2D eigenvalue weighted by Gasteiger charge is -2.14. The van der Waals surface area contributed by atoms with E-state index in [1.54, 1.807) is 42.6 Å². The maximum Gasteiger partial charge on any atom is 0.228 e. The SMILES string of the molecule is COc1cc2nc(N)ncc2cc1-c1cccc(NSc2cc(Cl)cnc2OC)c1F. The van der Waals surface area contributed by atoms with Gasteiger partial charge in [-0.15, -0.1) is 0 Å². The number of fused-ring (bicyclic) bond motifs is 1. The number of aromatic nitrogens is 3. The van der Waals surface area contributed by atoms with E-state index in [1.165, 1.54) is 20.4 Å². The normalized spacial score (nSPS) is 10.8. The summed E-state index contributed by atoms with van der Waals surface area (Å²) in [6.07, 6.45) is 3.07. The lowest BCUT2D eigenvalue weighted by Crippen LogP contribution is -1.98. The van der Waals surface area contributed by atoms with Crippen molar-refractivity contribution in [2.45, 2.75) is 4.90 Å². The van der Waals surface area contributed by atoms with Crippen molar-refractivity contribution in [2.75, 3.05) is 24.7 Å². The maximum atomic E-state index is 15.4. The second kappa shape index (κ2) is 8.83. The van der Waals surface area contributed by atoms with Crippen LogP contribution in [0.15, 0.2) is 53.7 Å². The molecule has 0 unspecified atom stereocenters. The van der Waals surface area contributed by atoms with Gasteiger partial charge in [0.2, 0.25) is 11.8 Å². The Morgan fingerprint density at radius 3 is 2.68 bits per heavy atom. The van der Waals surface area contributed by atoms with E-state index in [4.69, 9.17) is 26.8 Å². The molecule has 7 nitrogen and oxygen atoms in total. The van der Waals surface area contributed by atoms with E-state index >= 15 is 4.39 Å². The smallest absolute Gasteiger partial charge is 0.228 e. The van der Waals surface area contributed by atoms with Crippen molar-refractivity contribution in [2.24, 2.45) is 0 Å². The molecule has 0 spiro atoms. The number of nitrogens with one attached hydrogen (secondary N) is 1. The third-order valence-corrected chi connectivity index (χ3v) is 5.50. The van der Waals surface area contributed by atoms with Crippen molar-refractivity contribution in [3.63, 3.8) is 0 Å². The first kappa shape index (κ1) is 21.0. The number of rotatable bonds is 6. The number of hydrogen-bond acceptors (Lipinski definition) is 8. The van der Waals surface area contributed by atoms with Crippen molar-refractivity contribution in [3.8, 4) is 22.8 Å². The topological polar surface area (TPSA) is 95.2 Å². The minimum atomic E-state index is -0.446. The Kier molecular flexibility index (Phi) is 5.97. The molecule has 10 heteroatoms. The van der Waals surface area contributed by atoms with Crippen LogP contribution in [0, 0.1) is 5.82 Å². The quantitative estimate of drug-likeness (QED) is 0.381. The summed E-state index contributed by atoms with van der Waals surface area (Å²) in [7, 11) is 3.02. The number of benzene rings is 2. The van der Waals surface area contributed by atoms with Crippen molar-refractivity contribution in [3.05, 3.63) is 59.6 Å². The molecule has 0 saturated carbocycles. The van der Waals surface area contributed by atoms with Crippen molar-refractivity contribution < 1.29 is 13.9 Å². The summed E-state index contributed by atoms with van der Waals surface area (Å²) in [5.41, 5.74) is 7.48. The van der Waals surface area contributed by atoms with Crippen LogP contribution in [0.2, 0.25) is 5.02 Å². The minimum Gasteiger partial charge on any atom is -0.496 e. The molecule has 158 valence electrons. The second-order valence-electron chi connectivity index (χ2n) is 6.37. The number of anilines is 2. The average Bonchev–Trinajstić information content (AvgIpc) is 2.77. The monoisotopic (exact) mass is 457 g/mol. The third-order valence-electron chi connectivity index (χ3n) is 4.46. The number of pyridine rings is 1. The molecule has 3 N–H and O–H groups in total. The number of nitrogen functional groups attached to an aromatic ring is 1.